The van der Waals surface area contributed by atoms with Crippen LogP contribution in [0.15, 0.2) is 22.8 Å². The lowest BCUT2D eigenvalue weighted by atomic mass is 9.95. The molecule has 1 N–H and O–H groups in total. The summed E-state index contributed by atoms with van der Waals surface area (Å²) in [6.07, 6.45) is 7.53. The Bertz CT molecular complexity index is 796. The van der Waals surface area contributed by atoms with Crippen LogP contribution in [0, 0.1) is 25.2 Å². The molecule has 6 heteroatoms. The minimum atomic E-state index is -0.0763. The first kappa shape index (κ1) is 18.7. The fraction of sp³-hybridized carbons (Fsp3) is 0.500. The maximum Gasteiger partial charge on any atom is 0.235 e. The number of carbonyl (C=O) groups is 1. The van der Waals surface area contributed by atoms with Crippen molar-refractivity contribution in [1.82, 2.24) is 4.57 Å². The van der Waals surface area contributed by atoms with Crippen LogP contribution in [0.3, 0.4) is 0 Å². The zero-order valence-electron chi connectivity index (χ0n) is 15.4. The van der Waals surface area contributed by atoms with Gasteiger partial charge in [-0.3, -0.25) is 4.79 Å². The maximum absolute atomic E-state index is 12.5. The van der Waals surface area contributed by atoms with Crippen molar-refractivity contribution in [3.63, 3.8) is 0 Å². The summed E-state index contributed by atoms with van der Waals surface area (Å²) >= 11 is 1.51. The highest BCUT2D eigenvalue weighted by atomic mass is 32.2. The molecule has 0 spiro atoms. The molecule has 0 atom stereocenters. The third-order valence-corrected chi connectivity index (χ3v) is 6.08. The normalized spacial score (nSPS) is 15.0. The summed E-state index contributed by atoms with van der Waals surface area (Å²) in [6, 6.07) is 6.41. The van der Waals surface area contributed by atoms with E-state index in [1.54, 1.807) is 6.26 Å². The molecule has 26 heavy (non-hydrogen) atoms. The topological polar surface area (TPSA) is 71.0 Å². The molecule has 2 aromatic heterocycles. The fourth-order valence-electron chi connectivity index (χ4n) is 3.69. The molecular weight excluding hydrogens is 346 g/mol. The van der Waals surface area contributed by atoms with E-state index < -0.39 is 0 Å². The van der Waals surface area contributed by atoms with Gasteiger partial charge in [0, 0.05) is 11.7 Å². The van der Waals surface area contributed by atoms with Crippen LogP contribution in [-0.4, -0.2) is 16.2 Å². The molecule has 1 saturated carbocycles. The van der Waals surface area contributed by atoms with Gasteiger partial charge in [0.2, 0.25) is 5.91 Å². The van der Waals surface area contributed by atoms with E-state index in [2.05, 4.69) is 16.0 Å². The van der Waals surface area contributed by atoms with Crippen molar-refractivity contribution in [3.8, 4) is 6.07 Å². The van der Waals surface area contributed by atoms with Gasteiger partial charge in [-0.15, -0.1) is 11.8 Å². The highest BCUT2D eigenvalue weighted by Gasteiger charge is 2.25. The monoisotopic (exact) mass is 371 g/mol. The lowest BCUT2D eigenvalue weighted by Crippen LogP contribution is -2.21. The molecular formula is C20H25N3O2S. The molecule has 0 bridgehead atoms. The smallest absolute Gasteiger partial charge is 0.235 e. The molecule has 5 nitrogen and oxygen atoms in total. The van der Waals surface area contributed by atoms with E-state index in [1.165, 1.54) is 31.0 Å². The van der Waals surface area contributed by atoms with Crippen LogP contribution < -0.4 is 5.32 Å². The summed E-state index contributed by atoms with van der Waals surface area (Å²) in [5, 5.41) is 12.6. The summed E-state index contributed by atoms with van der Waals surface area (Å²) in [5.41, 5.74) is 2.65. The number of nitriles is 1. The lowest BCUT2D eigenvalue weighted by Gasteiger charge is -2.27. The Kier molecular flexibility index (Phi) is 6.10. The van der Waals surface area contributed by atoms with Crippen LogP contribution in [0.1, 0.15) is 60.7 Å². The van der Waals surface area contributed by atoms with E-state index >= 15 is 0 Å². The first-order chi connectivity index (χ1) is 12.6. The van der Waals surface area contributed by atoms with Gasteiger partial charge in [0.25, 0.3) is 0 Å². The van der Waals surface area contributed by atoms with Crippen molar-refractivity contribution < 1.29 is 9.21 Å². The molecule has 1 aliphatic rings. The highest BCUT2D eigenvalue weighted by Crippen LogP contribution is 2.36. The van der Waals surface area contributed by atoms with Crippen molar-refractivity contribution >= 4 is 23.5 Å². The van der Waals surface area contributed by atoms with Gasteiger partial charge in [0.05, 0.1) is 23.3 Å². The second-order valence-electron chi connectivity index (χ2n) is 6.83. The summed E-state index contributed by atoms with van der Waals surface area (Å²) in [5.74, 6) is 2.45. The molecule has 0 aromatic carbocycles. The minimum absolute atomic E-state index is 0.0763. The third-order valence-electron chi connectivity index (χ3n) is 5.12. The van der Waals surface area contributed by atoms with E-state index in [0.29, 0.717) is 28.9 Å². The molecule has 138 valence electrons. The number of rotatable bonds is 6. The molecule has 0 aliphatic heterocycles. The summed E-state index contributed by atoms with van der Waals surface area (Å²) in [6.45, 7) is 4.01. The van der Waals surface area contributed by atoms with Gasteiger partial charge in [-0.2, -0.15) is 5.26 Å². The first-order valence-electron chi connectivity index (χ1n) is 9.13. The summed E-state index contributed by atoms with van der Waals surface area (Å²) in [4.78, 5) is 12.5. The number of anilines is 1. The zero-order valence-corrected chi connectivity index (χ0v) is 16.2. The summed E-state index contributed by atoms with van der Waals surface area (Å²) < 4.78 is 7.48. The van der Waals surface area contributed by atoms with Crippen molar-refractivity contribution in [2.75, 3.05) is 11.1 Å². The molecule has 2 heterocycles. The number of hydrogen-bond donors (Lipinski definition) is 1. The number of nitrogens with zero attached hydrogens (tertiary/aromatic N) is 2. The van der Waals surface area contributed by atoms with Gasteiger partial charge in [-0.05, 0) is 44.4 Å². The van der Waals surface area contributed by atoms with E-state index in [4.69, 9.17) is 4.42 Å². The zero-order chi connectivity index (χ0) is 18.5. The van der Waals surface area contributed by atoms with Crippen LogP contribution in [0.25, 0.3) is 0 Å². The van der Waals surface area contributed by atoms with E-state index in [-0.39, 0.29) is 5.91 Å². The number of aromatic nitrogens is 1. The van der Waals surface area contributed by atoms with E-state index in [0.717, 1.165) is 29.9 Å². The molecule has 3 rings (SSSR count). The van der Waals surface area contributed by atoms with Gasteiger partial charge in [-0.25, -0.2) is 0 Å². The minimum Gasteiger partial charge on any atom is -0.468 e. The Morgan fingerprint density at radius 3 is 2.81 bits per heavy atom. The van der Waals surface area contributed by atoms with Gasteiger partial charge in [0.15, 0.2) is 0 Å². The molecule has 0 radical (unpaired) electrons. The number of furan rings is 1. The second kappa shape index (κ2) is 8.50. The SMILES string of the molecule is Cc1c(C#N)c(NC(=O)CSCc2ccco2)n(C2CCCCC2)c1C. The molecule has 1 amide bonds. The molecule has 1 aliphatic carbocycles. The Labute approximate surface area is 158 Å². The largest absolute Gasteiger partial charge is 0.468 e. The average Bonchev–Trinajstić information content (AvgIpc) is 3.23. The van der Waals surface area contributed by atoms with E-state index in [9.17, 15) is 10.1 Å². The second-order valence-corrected chi connectivity index (χ2v) is 7.81. The Hall–Kier alpha value is -2.13. The number of thioether (sulfide) groups is 1. The maximum atomic E-state index is 12.5. The van der Waals surface area contributed by atoms with Crippen molar-refractivity contribution in [3.05, 3.63) is 41.0 Å². The van der Waals surface area contributed by atoms with Crippen molar-refractivity contribution in [1.29, 1.82) is 5.26 Å². The van der Waals surface area contributed by atoms with Gasteiger partial charge < -0.3 is 14.3 Å². The van der Waals surface area contributed by atoms with Crippen LogP contribution in [-0.2, 0) is 10.5 Å². The first-order valence-corrected chi connectivity index (χ1v) is 10.3. The van der Waals surface area contributed by atoms with Crippen LogP contribution in [0.4, 0.5) is 5.82 Å². The predicted octanol–water partition coefficient (Wildman–Crippen LogP) is 4.95. The Morgan fingerprint density at radius 1 is 1.38 bits per heavy atom. The summed E-state index contributed by atoms with van der Waals surface area (Å²) in [7, 11) is 0. The van der Waals surface area contributed by atoms with Crippen LogP contribution in [0.2, 0.25) is 0 Å². The third kappa shape index (κ3) is 3.99. The molecule has 1 fully saturated rings. The van der Waals surface area contributed by atoms with E-state index in [1.807, 2.05) is 26.0 Å². The van der Waals surface area contributed by atoms with Crippen LogP contribution >= 0.6 is 11.8 Å². The standard InChI is InChI=1S/C20H25N3O2S/c1-14-15(2)23(16-7-4-3-5-8-16)20(18(14)11-21)22-19(24)13-26-12-17-9-6-10-25-17/h6,9-10,16H,3-5,7-8,12-13H2,1-2H3,(H,22,24). The Morgan fingerprint density at radius 2 is 2.15 bits per heavy atom. The number of amides is 1. The quantitative estimate of drug-likeness (QED) is 0.780. The Balaban J connectivity index is 1.73. The molecule has 0 unspecified atom stereocenters. The molecule has 2 aromatic rings. The van der Waals surface area contributed by atoms with Crippen molar-refractivity contribution in [2.45, 2.75) is 57.7 Å². The van der Waals surface area contributed by atoms with Gasteiger partial charge >= 0.3 is 0 Å². The number of carbonyl (C=O) groups excluding carboxylic acids is 1. The highest BCUT2D eigenvalue weighted by molar-refractivity contribution is 7.99. The van der Waals surface area contributed by atoms with Gasteiger partial charge in [0.1, 0.15) is 17.6 Å². The lowest BCUT2D eigenvalue weighted by molar-refractivity contribution is -0.113. The fourth-order valence-corrected chi connectivity index (χ4v) is 4.41. The van der Waals surface area contributed by atoms with Crippen LogP contribution in [0.5, 0.6) is 0 Å². The van der Waals surface area contributed by atoms with Crippen molar-refractivity contribution in [2.24, 2.45) is 0 Å². The predicted molar refractivity (Wildman–Crippen MR) is 104 cm³/mol. The number of hydrogen-bond acceptors (Lipinski definition) is 4. The van der Waals surface area contributed by atoms with Gasteiger partial charge in [-0.1, -0.05) is 19.3 Å². The average molecular weight is 372 g/mol. The molecule has 0 saturated heterocycles. The number of nitrogens with one attached hydrogen (secondary N) is 1.